The summed E-state index contributed by atoms with van der Waals surface area (Å²) in [6.45, 7) is 4.21. The lowest BCUT2D eigenvalue weighted by molar-refractivity contribution is 0.142. The Labute approximate surface area is 198 Å². The van der Waals surface area contributed by atoms with Crippen LogP contribution in [0.1, 0.15) is 36.2 Å². The Morgan fingerprint density at radius 2 is 1.85 bits per heavy atom. The summed E-state index contributed by atoms with van der Waals surface area (Å²) < 4.78 is 43.6. The summed E-state index contributed by atoms with van der Waals surface area (Å²) in [5, 5.41) is 12.1. The zero-order valence-corrected chi connectivity index (χ0v) is 19.2. The molecule has 0 aliphatic heterocycles. The number of anilines is 2. The van der Waals surface area contributed by atoms with Crippen LogP contribution in [0.25, 0.3) is 17.1 Å². The summed E-state index contributed by atoms with van der Waals surface area (Å²) in [5.74, 6) is 1.50. The van der Waals surface area contributed by atoms with E-state index in [0.29, 0.717) is 11.7 Å². The summed E-state index contributed by atoms with van der Waals surface area (Å²) in [4.78, 5) is 8.37. The van der Waals surface area contributed by atoms with Crippen molar-refractivity contribution in [3.8, 4) is 17.1 Å². The molecule has 34 heavy (non-hydrogen) atoms. The molecule has 0 amide bonds. The molecule has 0 bridgehead atoms. The van der Waals surface area contributed by atoms with Gasteiger partial charge in [-0.15, -0.1) is 0 Å². The minimum Gasteiger partial charge on any atom is -0.325 e. The van der Waals surface area contributed by atoms with Crippen molar-refractivity contribution in [3.05, 3.63) is 64.5 Å². The third-order valence-corrected chi connectivity index (χ3v) is 6.25. The van der Waals surface area contributed by atoms with E-state index in [2.05, 4.69) is 20.4 Å². The summed E-state index contributed by atoms with van der Waals surface area (Å²) in [5.41, 5.74) is 2.25. The topological polar surface area (TPSA) is 73.5 Å². The SMILES string of the molecule is Cc1nn(-c2cc(Nc3c(C)c(-c4ccc(F)cc4)nn3CC3CC3)ncn2)c(C(F)F)c1Cl. The van der Waals surface area contributed by atoms with Gasteiger partial charge in [0.2, 0.25) is 0 Å². The minimum atomic E-state index is -2.82. The smallest absolute Gasteiger partial charge is 0.282 e. The molecule has 11 heteroatoms. The van der Waals surface area contributed by atoms with Crippen LogP contribution < -0.4 is 5.32 Å². The van der Waals surface area contributed by atoms with Gasteiger partial charge < -0.3 is 5.32 Å². The van der Waals surface area contributed by atoms with Gasteiger partial charge in [-0.25, -0.2) is 32.5 Å². The predicted octanol–water partition coefficient (Wildman–Crippen LogP) is 6.03. The predicted molar refractivity (Wildman–Crippen MR) is 122 cm³/mol. The molecule has 0 radical (unpaired) electrons. The average Bonchev–Trinajstić information content (AvgIpc) is 3.51. The molecule has 1 N–H and O–H groups in total. The van der Waals surface area contributed by atoms with Crippen LogP contribution in [0.3, 0.4) is 0 Å². The maximum absolute atomic E-state index is 13.6. The maximum atomic E-state index is 13.6. The fourth-order valence-corrected chi connectivity index (χ4v) is 4.01. The second-order valence-electron chi connectivity index (χ2n) is 8.34. The van der Waals surface area contributed by atoms with Crippen molar-refractivity contribution < 1.29 is 13.2 Å². The maximum Gasteiger partial charge on any atom is 0.282 e. The minimum absolute atomic E-state index is 0.0922. The molecular weight excluding hydrogens is 467 g/mol. The highest BCUT2D eigenvalue weighted by molar-refractivity contribution is 6.31. The van der Waals surface area contributed by atoms with Crippen LogP contribution in [0.4, 0.5) is 24.8 Å². The Balaban J connectivity index is 1.53. The van der Waals surface area contributed by atoms with E-state index in [0.717, 1.165) is 46.7 Å². The number of aromatic nitrogens is 6. The van der Waals surface area contributed by atoms with Gasteiger partial charge in [-0.2, -0.15) is 10.2 Å². The third-order valence-electron chi connectivity index (χ3n) is 5.78. The number of hydrogen-bond donors (Lipinski definition) is 1. The van der Waals surface area contributed by atoms with Crippen molar-refractivity contribution in [1.29, 1.82) is 0 Å². The quantitative estimate of drug-likeness (QED) is 0.345. The number of aryl methyl sites for hydroxylation is 1. The molecule has 0 atom stereocenters. The van der Waals surface area contributed by atoms with E-state index in [1.165, 1.54) is 24.5 Å². The summed E-state index contributed by atoms with van der Waals surface area (Å²) in [6, 6.07) is 7.70. The first-order chi connectivity index (χ1) is 16.3. The molecule has 0 spiro atoms. The second-order valence-corrected chi connectivity index (χ2v) is 8.72. The number of rotatable bonds is 7. The molecule has 176 valence electrons. The molecule has 1 saturated carbocycles. The monoisotopic (exact) mass is 487 g/mol. The van der Waals surface area contributed by atoms with Crippen molar-refractivity contribution in [3.63, 3.8) is 0 Å². The fraction of sp³-hybridized carbons (Fsp3) is 0.304. The number of nitrogens with zero attached hydrogens (tertiary/aromatic N) is 6. The lowest BCUT2D eigenvalue weighted by atomic mass is 10.1. The molecule has 5 rings (SSSR count). The largest absolute Gasteiger partial charge is 0.325 e. The molecule has 4 aromatic rings. The van der Waals surface area contributed by atoms with Gasteiger partial charge in [-0.05, 0) is 56.9 Å². The Morgan fingerprint density at radius 3 is 2.53 bits per heavy atom. The van der Waals surface area contributed by atoms with Crippen molar-refractivity contribution in [1.82, 2.24) is 29.5 Å². The molecule has 3 aromatic heterocycles. The van der Waals surface area contributed by atoms with E-state index >= 15 is 0 Å². The van der Waals surface area contributed by atoms with Gasteiger partial charge in [-0.1, -0.05) is 11.6 Å². The molecular formula is C23H21ClF3N7. The van der Waals surface area contributed by atoms with E-state index in [-0.39, 0.29) is 22.4 Å². The van der Waals surface area contributed by atoms with Gasteiger partial charge >= 0.3 is 0 Å². The molecule has 0 saturated heterocycles. The highest BCUT2D eigenvalue weighted by Gasteiger charge is 2.26. The first-order valence-corrected chi connectivity index (χ1v) is 11.2. The zero-order valence-electron chi connectivity index (χ0n) is 18.4. The molecule has 7 nitrogen and oxygen atoms in total. The molecule has 1 aliphatic rings. The van der Waals surface area contributed by atoms with Crippen LogP contribution in [-0.4, -0.2) is 29.5 Å². The summed E-state index contributed by atoms with van der Waals surface area (Å²) >= 11 is 6.04. The molecule has 1 aromatic carbocycles. The van der Waals surface area contributed by atoms with Gasteiger partial charge in [0.15, 0.2) is 5.82 Å². The van der Waals surface area contributed by atoms with Crippen LogP contribution in [0.5, 0.6) is 0 Å². The number of nitrogens with one attached hydrogen (secondary N) is 1. The van der Waals surface area contributed by atoms with Crippen LogP contribution >= 0.6 is 11.6 Å². The van der Waals surface area contributed by atoms with E-state index in [1.54, 1.807) is 19.1 Å². The van der Waals surface area contributed by atoms with Crippen LogP contribution in [0, 0.1) is 25.6 Å². The lowest BCUT2D eigenvalue weighted by Crippen LogP contribution is -2.09. The first kappa shape index (κ1) is 22.4. The second kappa shape index (κ2) is 8.75. The van der Waals surface area contributed by atoms with Gasteiger partial charge in [0.25, 0.3) is 6.43 Å². The van der Waals surface area contributed by atoms with Gasteiger partial charge in [-0.3, -0.25) is 0 Å². The Hall–Kier alpha value is -3.40. The van der Waals surface area contributed by atoms with Crippen molar-refractivity contribution in [2.75, 3.05) is 5.32 Å². The molecule has 1 fully saturated rings. The van der Waals surface area contributed by atoms with E-state index in [4.69, 9.17) is 16.7 Å². The van der Waals surface area contributed by atoms with Gasteiger partial charge in [0.1, 0.15) is 29.5 Å². The average molecular weight is 488 g/mol. The molecule has 0 unspecified atom stereocenters. The Morgan fingerprint density at radius 1 is 1.12 bits per heavy atom. The Kier molecular flexibility index (Phi) is 5.76. The molecule has 3 heterocycles. The van der Waals surface area contributed by atoms with Crippen molar-refractivity contribution in [2.45, 2.75) is 39.7 Å². The van der Waals surface area contributed by atoms with Crippen LogP contribution in [0.15, 0.2) is 36.7 Å². The number of benzene rings is 1. The van der Waals surface area contributed by atoms with E-state index < -0.39 is 12.1 Å². The lowest BCUT2D eigenvalue weighted by Gasteiger charge is -2.11. The highest BCUT2D eigenvalue weighted by atomic mass is 35.5. The Bertz CT molecular complexity index is 1340. The van der Waals surface area contributed by atoms with E-state index in [9.17, 15) is 13.2 Å². The summed E-state index contributed by atoms with van der Waals surface area (Å²) in [7, 11) is 0. The molecule has 1 aliphatic carbocycles. The van der Waals surface area contributed by atoms with Gasteiger partial charge in [0, 0.05) is 23.7 Å². The van der Waals surface area contributed by atoms with E-state index in [1.807, 2.05) is 11.6 Å². The van der Waals surface area contributed by atoms with Gasteiger partial charge in [0.05, 0.1) is 16.4 Å². The number of hydrogen-bond acceptors (Lipinski definition) is 5. The fourth-order valence-electron chi connectivity index (χ4n) is 3.81. The number of halogens is 4. The third kappa shape index (κ3) is 4.25. The van der Waals surface area contributed by atoms with Crippen molar-refractivity contribution >= 4 is 23.2 Å². The van der Waals surface area contributed by atoms with Crippen LogP contribution in [0.2, 0.25) is 5.02 Å². The zero-order chi connectivity index (χ0) is 24.0. The number of alkyl halides is 2. The standard InChI is InChI=1S/C23H21ClF3N7/c1-12-20(15-5-7-16(25)8-6-15)32-33(10-14-3-4-14)23(12)30-17-9-18(29-11-28-17)34-21(22(26)27)19(24)13(2)31-34/h5-9,11,14,22H,3-4,10H2,1-2H3,(H,28,29,30). The normalized spacial score (nSPS) is 13.6. The first-order valence-electron chi connectivity index (χ1n) is 10.8. The highest BCUT2D eigenvalue weighted by Crippen LogP contribution is 2.36. The summed E-state index contributed by atoms with van der Waals surface area (Å²) in [6.07, 6.45) is 0.728. The van der Waals surface area contributed by atoms with Crippen molar-refractivity contribution in [2.24, 2.45) is 5.92 Å². The van der Waals surface area contributed by atoms with Crippen LogP contribution in [-0.2, 0) is 6.54 Å².